The summed E-state index contributed by atoms with van der Waals surface area (Å²) in [5.74, 6) is -1.09. The fourth-order valence-corrected chi connectivity index (χ4v) is 5.84. The lowest BCUT2D eigenvalue weighted by Gasteiger charge is -2.52. The van der Waals surface area contributed by atoms with Crippen molar-refractivity contribution in [3.63, 3.8) is 0 Å². The molecule has 8 nitrogen and oxygen atoms in total. The maximum atomic E-state index is 12.5. The molecule has 2 bridgehead atoms. The average Bonchev–Trinajstić information content (AvgIpc) is 2.87. The molecule has 0 unspecified atom stereocenters. The van der Waals surface area contributed by atoms with Gasteiger partial charge in [-0.25, -0.2) is 4.79 Å². The molecule has 0 spiro atoms. The Hall–Kier alpha value is -2.52. The molecule has 8 heteroatoms. The van der Waals surface area contributed by atoms with Crippen LogP contribution in [0.1, 0.15) is 54.4 Å². The fraction of sp³-hybridized carbons (Fsp3) is 0.538. The number of fused-ring (bicyclic) bond motifs is 2. The topological polar surface area (TPSA) is 112 Å². The monoisotopic (exact) mass is 470 g/mol. The van der Waals surface area contributed by atoms with Crippen LogP contribution in [0.15, 0.2) is 53.5 Å². The van der Waals surface area contributed by atoms with E-state index in [1.165, 1.54) is 22.9 Å². The first-order valence-corrected chi connectivity index (χ1v) is 11.8. The van der Waals surface area contributed by atoms with Crippen molar-refractivity contribution in [3.8, 4) is 0 Å². The highest BCUT2D eigenvalue weighted by atomic mass is 16.6. The minimum absolute atomic E-state index is 0.0233. The number of likely N-dealkylation sites (N-methyl/N-ethyl adjacent to an activating group) is 1. The van der Waals surface area contributed by atoms with E-state index in [-0.39, 0.29) is 24.1 Å². The summed E-state index contributed by atoms with van der Waals surface area (Å²) < 4.78 is 7.90. The predicted molar refractivity (Wildman–Crippen MR) is 127 cm³/mol. The number of aromatic carboxylic acids is 1. The number of benzene rings is 1. The first-order valence-electron chi connectivity index (χ1n) is 11.8. The normalized spacial score (nSPS) is 32.2. The highest BCUT2D eigenvalue weighted by Gasteiger charge is 2.57. The van der Waals surface area contributed by atoms with E-state index in [1.807, 2.05) is 44.1 Å². The molecule has 1 aromatic carbocycles. The Morgan fingerprint density at radius 1 is 1.21 bits per heavy atom. The zero-order valence-corrected chi connectivity index (χ0v) is 19.9. The lowest BCUT2D eigenvalue weighted by atomic mass is 9.72. The molecule has 0 aliphatic carbocycles. The quantitative estimate of drug-likeness (QED) is 0.593. The van der Waals surface area contributed by atoms with Crippen LogP contribution in [0.2, 0.25) is 0 Å². The third-order valence-corrected chi connectivity index (χ3v) is 7.68. The van der Waals surface area contributed by atoms with Crippen molar-refractivity contribution < 1.29 is 24.9 Å². The third kappa shape index (κ3) is 4.55. The van der Waals surface area contributed by atoms with Gasteiger partial charge in [0.1, 0.15) is 6.10 Å². The molecule has 1 aromatic heterocycles. The number of carbonyl (C=O) groups is 1. The molecule has 6 atom stereocenters. The second-order valence-corrected chi connectivity index (χ2v) is 10.2. The smallest absolute Gasteiger partial charge is 0.337 e. The molecule has 184 valence electrons. The maximum absolute atomic E-state index is 12.5. The molecule has 2 aliphatic rings. The molecule has 3 N–H and O–H groups in total. The van der Waals surface area contributed by atoms with Crippen LogP contribution in [-0.2, 0) is 11.3 Å². The van der Waals surface area contributed by atoms with Gasteiger partial charge >= 0.3 is 5.97 Å². The number of ether oxygens (including phenoxy) is 1. The zero-order valence-electron chi connectivity index (χ0n) is 19.9. The summed E-state index contributed by atoms with van der Waals surface area (Å²) in [7, 11) is 3.86. The van der Waals surface area contributed by atoms with Crippen molar-refractivity contribution in [3.05, 3.63) is 70.1 Å². The Bertz CT molecular complexity index is 1090. The number of hydrogen-bond donors (Lipinski definition) is 3. The molecule has 34 heavy (non-hydrogen) atoms. The predicted octanol–water partition coefficient (Wildman–Crippen LogP) is 2.08. The van der Waals surface area contributed by atoms with Gasteiger partial charge in [-0.2, -0.15) is 0 Å². The molecule has 2 aromatic rings. The van der Waals surface area contributed by atoms with Crippen LogP contribution < -0.4 is 5.56 Å². The molecule has 2 fully saturated rings. The van der Waals surface area contributed by atoms with E-state index in [9.17, 15) is 24.9 Å². The molecule has 2 aliphatic heterocycles. The zero-order chi connectivity index (χ0) is 24.7. The van der Waals surface area contributed by atoms with E-state index >= 15 is 0 Å². The van der Waals surface area contributed by atoms with Gasteiger partial charge in [0.2, 0.25) is 0 Å². The number of carboxylic acids is 1. The van der Waals surface area contributed by atoms with Gasteiger partial charge in [-0.3, -0.25) is 4.79 Å². The van der Waals surface area contributed by atoms with Crippen LogP contribution in [0.5, 0.6) is 0 Å². The van der Waals surface area contributed by atoms with E-state index < -0.39 is 34.9 Å². The number of rotatable bonds is 6. The number of nitrogens with zero attached hydrogens (tertiary/aromatic N) is 2. The fourth-order valence-electron chi connectivity index (χ4n) is 5.84. The molecule has 4 rings (SSSR count). The van der Waals surface area contributed by atoms with E-state index in [0.29, 0.717) is 25.7 Å². The number of aliphatic hydroxyl groups excluding tert-OH is 2. The summed E-state index contributed by atoms with van der Waals surface area (Å²) in [5, 5.41) is 32.3. The van der Waals surface area contributed by atoms with Crippen LogP contribution in [0.3, 0.4) is 0 Å². The summed E-state index contributed by atoms with van der Waals surface area (Å²) in [6, 6.07) is 12.4. The van der Waals surface area contributed by atoms with Gasteiger partial charge in [0.15, 0.2) is 0 Å². The lowest BCUT2D eigenvalue weighted by Crippen LogP contribution is -2.60. The minimum Gasteiger partial charge on any atom is -0.478 e. The second kappa shape index (κ2) is 9.26. The van der Waals surface area contributed by atoms with E-state index in [4.69, 9.17) is 4.74 Å². The lowest BCUT2D eigenvalue weighted by molar-refractivity contribution is -0.253. The first kappa shape index (κ1) is 24.6. The SMILES string of the molecule is CN(C)[C@@H]1CC[C@@]2([C@@H](O)Cn3cc(C(=O)O)ccc3=O)C[C@H](c3ccccc3)C[C@@](C)(O2)[C@H]1O. The largest absolute Gasteiger partial charge is 0.478 e. The summed E-state index contributed by atoms with van der Waals surface area (Å²) >= 11 is 0. The van der Waals surface area contributed by atoms with E-state index in [0.717, 1.165) is 5.56 Å². The van der Waals surface area contributed by atoms with Crippen molar-refractivity contribution in [2.45, 2.75) is 74.5 Å². The molecule has 0 radical (unpaired) electrons. The molecule has 0 saturated carbocycles. The summed E-state index contributed by atoms with van der Waals surface area (Å²) in [6.45, 7) is 1.81. The molecule has 3 heterocycles. The number of pyridine rings is 1. The Kier molecular flexibility index (Phi) is 6.70. The van der Waals surface area contributed by atoms with Crippen molar-refractivity contribution >= 4 is 5.97 Å². The van der Waals surface area contributed by atoms with Crippen molar-refractivity contribution in [1.82, 2.24) is 9.47 Å². The van der Waals surface area contributed by atoms with Gasteiger partial charge < -0.3 is 29.5 Å². The Balaban J connectivity index is 1.74. The second-order valence-electron chi connectivity index (χ2n) is 10.2. The van der Waals surface area contributed by atoms with Crippen molar-refractivity contribution in [2.24, 2.45) is 0 Å². The summed E-state index contributed by atoms with van der Waals surface area (Å²) in [4.78, 5) is 25.9. The van der Waals surface area contributed by atoms with Gasteiger partial charge in [0, 0.05) is 18.3 Å². The highest BCUT2D eigenvalue weighted by Crippen LogP contribution is 2.51. The van der Waals surface area contributed by atoms with Gasteiger partial charge in [0.25, 0.3) is 5.56 Å². The molecular formula is C26H34N2O6. The number of hydrogen-bond acceptors (Lipinski definition) is 6. The Morgan fingerprint density at radius 2 is 1.91 bits per heavy atom. The van der Waals surface area contributed by atoms with Crippen molar-refractivity contribution in [1.29, 1.82) is 0 Å². The van der Waals surface area contributed by atoms with Gasteiger partial charge in [-0.05, 0) is 64.3 Å². The Labute approximate surface area is 199 Å². The van der Waals surface area contributed by atoms with Crippen molar-refractivity contribution in [2.75, 3.05) is 14.1 Å². The van der Waals surface area contributed by atoms with Gasteiger partial charge in [0.05, 0.1) is 29.4 Å². The highest BCUT2D eigenvalue weighted by molar-refractivity contribution is 5.87. The van der Waals surface area contributed by atoms with Crippen LogP contribution in [0.25, 0.3) is 0 Å². The molecule has 2 saturated heterocycles. The van der Waals surface area contributed by atoms with Crippen LogP contribution in [-0.4, -0.2) is 74.3 Å². The average molecular weight is 471 g/mol. The van der Waals surface area contributed by atoms with Gasteiger partial charge in [-0.1, -0.05) is 30.3 Å². The van der Waals surface area contributed by atoms with Crippen LogP contribution in [0, 0.1) is 0 Å². The molecular weight excluding hydrogens is 436 g/mol. The van der Waals surface area contributed by atoms with Crippen LogP contribution in [0.4, 0.5) is 0 Å². The number of aliphatic hydroxyl groups is 2. The standard InChI is InChI=1S/C26H34N2O6/c1-25-13-19(17-7-5-4-6-8-17)14-26(34-25,12-11-20(23(25)31)27(2)3)21(29)16-28-15-18(24(32)33)9-10-22(28)30/h4-10,15,19-21,23,29,31H,11-14,16H2,1-3H3,(H,32,33)/t19-,20-,21+,23+,25-,26+/m1/s1. The Morgan fingerprint density at radius 3 is 2.56 bits per heavy atom. The van der Waals surface area contributed by atoms with E-state index in [2.05, 4.69) is 12.1 Å². The minimum atomic E-state index is -1.14. The van der Waals surface area contributed by atoms with Crippen LogP contribution >= 0.6 is 0 Å². The number of carboxylic acid groups (broad SMARTS) is 1. The third-order valence-electron chi connectivity index (χ3n) is 7.68. The maximum Gasteiger partial charge on any atom is 0.337 e. The van der Waals surface area contributed by atoms with Gasteiger partial charge in [-0.15, -0.1) is 0 Å². The summed E-state index contributed by atoms with van der Waals surface area (Å²) in [5.41, 5.74) is -1.20. The summed E-state index contributed by atoms with van der Waals surface area (Å²) in [6.07, 6.45) is 1.68. The van der Waals surface area contributed by atoms with E-state index in [1.54, 1.807) is 0 Å². The number of aromatic nitrogens is 1. The molecule has 0 amide bonds. The first-order chi connectivity index (χ1) is 16.0.